The first-order valence-electron chi connectivity index (χ1n) is 8.85. The van der Waals surface area contributed by atoms with E-state index in [4.69, 9.17) is 0 Å². The van der Waals surface area contributed by atoms with Crippen LogP contribution >= 0.6 is 0 Å². The Morgan fingerprint density at radius 1 is 1.04 bits per heavy atom. The summed E-state index contributed by atoms with van der Waals surface area (Å²) in [6.45, 7) is 4.40. The van der Waals surface area contributed by atoms with E-state index < -0.39 is 10.0 Å². The molecule has 3 heterocycles. The van der Waals surface area contributed by atoms with Gasteiger partial charge in [0.1, 0.15) is 18.0 Å². The molecule has 2 fully saturated rings. The lowest BCUT2D eigenvalue weighted by Crippen LogP contribution is -2.51. The first-order valence-corrected chi connectivity index (χ1v) is 10.7. The fraction of sp³-hybridized carbons (Fsp3) is 0.688. The van der Waals surface area contributed by atoms with Crippen molar-refractivity contribution in [3.8, 4) is 0 Å². The van der Waals surface area contributed by atoms with Crippen molar-refractivity contribution in [1.82, 2.24) is 19.2 Å². The number of hydrogen-bond acceptors (Lipinski definition) is 7. The van der Waals surface area contributed by atoms with Gasteiger partial charge in [-0.25, -0.2) is 18.4 Å². The monoisotopic (exact) mass is 382 g/mol. The maximum absolute atomic E-state index is 12.3. The van der Waals surface area contributed by atoms with Gasteiger partial charge in [-0.2, -0.15) is 4.31 Å². The number of anilines is 2. The van der Waals surface area contributed by atoms with Crippen molar-refractivity contribution in [2.24, 2.45) is 0 Å². The lowest BCUT2D eigenvalue weighted by Gasteiger charge is -2.36. The topological polar surface area (TPSA) is 90.0 Å². The SMILES string of the molecule is CN(CC(=O)N1CCN(c2cc(N3CCCC3)ncn2)CC1)S(C)(=O)=O. The Hall–Kier alpha value is -1.94. The molecule has 0 spiro atoms. The molecule has 1 aromatic heterocycles. The van der Waals surface area contributed by atoms with Crippen molar-refractivity contribution >= 4 is 27.6 Å². The van der Waals surface area contributed by atoms with Gasteiger partial charge in [0.25, 0.3) is 0 Å². The van der Waals surface area contributed by atoms with E-state index in [1.165, 1.54) is 19.9 Å². The summed E-state index contributed by atoms with van der Waals surface area (Å²) in [7, 11) is -1.93. The zero-order chi connectivity index (χ0) is 18.7. The fourth-order valence-corrected chi connectivity index (χ4v) is 3.57. The molecular formula is C16H26N6O3S. The molecule has 0 N–H and O–H groups in total. The van der Waals surface area contributed by atoms with Crippen LogP contribution in [-0.4, -0.2) is 92.6 Å². The lowest BCUT2D eigenvalue weighted by molar-refractivity contribution is -0.131. The highest BCUT2D eigenvalue weighted by molar-refractivity contribution is 7.88. The van der Waals surface area contributed by atoms with Gasteiger partial charge < -0.3 is 14.7 Å². The molecule has 9 nitrogen and oxygen atoms in total. The van der Waals surface area contributed by atoms with E-state index in [1.807, 2.05) is 6.07 Å². The summed E-state index contributed by atoms with van der Waals surface area (Å²) in [5.41, 5.74) is 0. The van der Waals surface area contributed by atoms with Gasteiger partial charge in [0.05, 0.1) is 12.8 Å². The van der Waals surface area contributed by atoms with E-state index in [0.717, 1.165) is 35.3 Å². The first kappa shape index (κ1) is 18.8. The minimum absolute atomic E-state index is 0.120. The van der Waals surface area contributed by atoms with Crippen molar-refractivity contribution in [3.63, 3.8) is 0 Å². The third-order valence-corrected chi connectivity index (χ3v) is 6.21. The van der Waals surface area contributed by atoms with E-state index >= 15 is 0 Å². The van der Waals surface area contributed by atoms with Crippen molar-refractivity contribution in [2.45, 2.75) is 12.8 Å². The Morgan fingerprint density at radius 3 is 2.12 bits per heavy atom. The summed E-state index contributed by atoms with van der Waals surface area (Å²) in [5, 5.41) is 0. The number of rotatable bonds is 5. The Balaban J connectivity index is 1.57. The first-order chi connectivity index (χ1) is 12.3. The molecule has 2 aliphatic rings. The molecule has 0 radical (unpaired) electrons. The van der Waals surface area contributed by atoms with Crippen LogP contribution in [0.15, 0.2) is 12.4 Å². The summed E-state index contributed by atoms with van der Waals surface area (Å²) >= 11 is 0. The highest BCUT2D eigenvalue weighted by atomic mass is 32.2. The average molecular weight is 382 g/mol. The Labute approximate surface area is 154 Å². The number of hydrogen-bond donors (Lipinski definition) is 0. The van der Waals surface area contributed by atoms with Crippen LogP contribution in [0, 0.1) is 0 Å². The highest BCUT2D eigenvalue weighted by Crippen LogP contribution is 2.22. The zero-order valence-corrected chi connectivity index (χ0v) is 16.2. The Morgan fingerprint density at radius 2 is 1.58 bits per heavy atom. The maximum Gasteiger partial charge on any atom is 0.238 e. The number of amides is 1. The average Bonchev–Trinajstić information content (AvgIpc) is 3.16. The second kappa shape index (κ2) is 7.75. The van der Waals surface area contributed by atoms with Crippen LogP contribution in [-0.2, 0) is 14.8 Å². The highest BCUT2D eigenvalue weighted by Gasteiger charge is 2.25. The number of piperazine rings is 1. The predicted octanol–water partition coefficient (Wildman–Crippen LogP) is -0.383. The summed E-state index contributed by atoms with van der Waals surface area (Å²) in [5.74, 6) is 1.67. The van der Waals surface area contributed by atoms with Crippen LogP contribution < -0.4 is 9.80 Å². The zero-order valence-electron chi connectivity index (χ0n) is 15.3. The fourth-order valence-electron chi connectivity index (χ4n) is 3.22. The van der Waals surface area contributed by atoms with E-state index in [0.29, 0.717) is 26.2 Å². The quantitative estimate of drug-likeness (QED) is 0.685. The van der Waals surface area contributed by atoms with Gasteiger partial charge in [-0.3, -0.25) is 4.79 Å². The van der Waals surface area contributed by atoms with Crippen LogP contribution in [0.1, 0.15) is 12.8 Å². The molecule has 0 saturated carbocycles. The summed E-state index contributed by atoms with van der Waals surface area (Å²) in [4.78, 5) is 27.2. The Bertz CT molecular complexity index is 742. The number of carbonyl (C=O) groups is 1. The molecule has 0 unspecified atom stereocenters. The third-order valence-electron chi connectivity index (χ3n) is 4.95. The standard InChI is InChI=1S/C16H26N6O3S/c1-19(26(2,24)25)12-16(23)22-9-7-21(8-10-22)15-11-14(17-13-18-15)20-5-3-4-6-20/h11,13H,3-10,12H2,1-2H3. The minimum atomic E-state index is -3.35. The minimum Gasteiger partial charge on any atom is -0.356 e. The molecule has 10 heteroatoms. The molecule has 1 amide bonds. The van der Waals surface area contributed by atoms with Crippen molar-refractivity contribution < 1.29 is 13.2 Å². The largest absolute Gasteiger partial charge is 0.356 e. The molecule has 0 atom stereocenters. The maximum atomic E-state index is 12.3. The molecule has 2 aliphatic heterocycles. The molecule has 0 aliphatic carbocycles. The summed E-state index contributed by atoms with van der Waals surface area (Å²) < 4.78 is 24.0. The lowest BCUT2D eigenvalue weighted by atomic mass is 10.3. The normalized spacial score (nSPS) is 18.7. The van der Waals surface area contributed by atoms with Gasteiger partial charge in [-0.15, -0.1) is 0 Å². The van der Waals surface area contributed by atoms with E-state index in [2.05, 4.69) is 19.8 Å². The van der Waals surface area contributed by atoms with Crippen molar-refractivity contribution in [1.29, 1.82) is 0 Å². The summed E-state index contributed by atoms with van der Waals surface area (Å²) in [6.07, 6.45) is 5.09. The van der Waals surface area contributed by atoms with Gasteiger partial charge in [0.2, 0.25) is 15.9 Å². The second-order valence-electron chi connectivity index (χ2n) is 6.82. The number of likely N-dealkylation sites (N-methyl/N-ethyl adjacent to an activating group) is 1. The van der Waals surface area contributed by atoms with Gasteiger partial charge in [-0.05, 0) is 12.8 Å². The van der Waals surface area contributed by atoms with Crippen LogP contribution in [0.25, 0.3) is 0 Å². The number of nitrogens with zero attached hydrogens (tertiary/aromatic N) is 6. The van der Waals surface area contributed by atoms with Crippen LogP contribution in [0.5, 0.6) is 0 Å². The van der Waals surface area contributed by atoms with Gasteiger partial charge in [0.15, 0.2) is 0 Å². The van der Waals surface area contributed by atoms with Crippen LogP contribution in [0.3, 0.4) is 0 Å². The molecular weight excluding hydrogens is 356 g/mol. The number of carbonyl (C=O) groups excluding carboxylic acids is 1. The smallest absolute Gasteiger partial charge is 0.238 e. The summed E-state index contributed by atoms with van der Waals surface area (Å²) in [6, 6.07) is 2.01. The van der Waals surface area contributed by atoms with Crippen LogP contribution in [0.2, 0.25) is 0 Å². The van der Waals surface area contributed by atoms with Crippen molar-refractivity contribution in [2.75, 3.05) is 68.9 Å². The molecule has 26 heavy (non-hydrogen) atoms. The van der Waals surface area contributed by atoms with Crippen LogP contribution in [0.4, 0.5) is 11.6 Å². The van der Waals surface area contributed by atoms with Gasteiger partial charge in [0, 0.05) is 52.4 Å². The number of sulfonamides is 1. The predicted molar refractivity (Wildman–Crippen MR) is 99.7 cm³/mol. The molecule has 3 rings (SSSR count). The third kappa shape index (κ3) is 4.42. The second-order valence-corrected chi connectivity index (χ2v) is 8.90. The van der Waals surface area contributed by atoms with E-state index in [1.54, 1.807) is 11.2 Å². The molecule has 144 valence electrons. The van der Waals surface area contributed by atoms with E-state index in [-0.39, 0.29) is 12.5 Å². The molecule has 0 bridgehead atoms. The molecule has 0 aromatic carbocycles. The molecule has 2 saturated heterocycles. The molecule has 1 aromatic rings. The van der Waals surface area contributed by atoms with E-state index in [9.17, 15) is 13.2 Å². The van der Waals surface area contributed by atoms with Gasteiger partial charge in [-0.1, -0.05) is 0 Å². The van der Waals surface area contributed by atoms with Crippen molar-refractivity contribution in [3.05, 3.63) is 12.4 Å². The number of aromatic nitrogens is 2. The Kier molecular flexibility index (Phi) is 5.61. The van der Waals surface area contributed by atoms with Gasteiger partial charge >= 0.3 is 0 Å².